The molecule has 0 aliphatic carbocycles. The van der Waals surface area contributed by atoms with E-state index >= 15 is 0 Å². The van der Waals surface area contributed by atoms with Gasteiger partial charge in [-0.25, -0.2) is 0 Å². The summed E-state index contributed by atoms with van der Waals surface area (Å²) in [5.74, 6) is -0.473. The number of rotatable bonds is 6. The molecule has 3 N–H and O–H groups in total. The summed E-state index contributed by atoms with van der Waals surface area (Å²) in [6.07, 6.45) is 3.41. The molecule has 2 amide bonds. The van der Waals surface area contributed by atoms with Crippen molar-refractivity contribution in [3.05, 3.63) is 70.8 Å². The Morgan fingerprint density at radius 2 is 1.93 bits per heavy atom. The predicted molar refractivity (Wildman–Crippen MR) is 117 cm³/mol. The zero-order valence-electron chi connectivity index (χ0n) is 16.5. The second-order valence-corrected chi connectivity index (χ2v) is 7.88. The van der Waals surface area contributed by atoms with Crippen molar-refractivity contribution in [2.45, 2.75) is 26.3 Å². The zero-order chi connectivity index (χ0) is 20.8. The number of allylic oxidation sites excluding steroid dienone is 1. The number of benzene rings is 2. The monoisotopic (exact) mass is 411 g/mol. The summed E-state index contributed by atoms with van der Waals surface area (Å²) in [5.41, 5.74) is 8.97. The van der Waals surface area contributed by atoms with Crippen molar-refractivity contribution in [3.63, 3.8) is 0 Å². The highest BCUT2D eigenvalue weighted by Crippen LogP contribution is 2.23. The lowest BCUT2D eigenvalue weighted by Gasteiger charge is -2.31. The van der Waals surface area contributed by atoms with Crippen LogP contribution in [0.5, 0.6) is 0 Å². The van der Waals surface area contributed by atoms with Crippen LogP contribution in [0.2, 0.25) is 5.02 Å². The number of likely N-dealkylation sites (tertiary alicyclic amines) is 1. The molecule has 1 fully saturated rings. The second kappa shape index (κ2) is 9.72. The van der Waals surface area contributed by atoms with Crippen LogP contribution in [-0.2, 0) is 16.1 Å². The Bertz CT molecular complexity index is 909. The minimum absolute atomic E-state index is 0.0598. The van der Waals surface area contributed by atoms with Crippen LogP contribution in [0.1, 0.15) is 30.9 Å². The maximum Gasteiger partial charge on any atom is 0.248 e. The highest BCUT2D eigenvalue weighted by Gasteiger charge is 2.23. The highest BCUT2D eigenvalue weighted by molar-refractivity contribution is 6.32. The number of piperidine rings is 1. The van der Waals surface area contributed by atoms with Crippen molar-refractivity contribution in [1.29, 1.82) is 0 Å². The summed E-state index contributed by atoms with van der Waals surface area (Å²) < 4.78 is 0. The first-order chi connectivity index (χ1) is 13.9. The minimum Gasteiger partial charge on any atom is -0.369 e. The van der Waals surface area contributed by atoms with E-state index in [0.29, 0.717) is 11.6 Å². The molecule has 0 aromatic heterocycles. The lowest BCUT2D eigenvalue weighted by Crippen LogP contribution is -2.40. The first-order valence-electron chi connectivity index (χ1n) is 9.77. The third-order valence-corrected chi connectivity index (χ3v) is 5.51. The molecule has 1 heterocycles. The van der Waals surface area contributed by atoms with E-state index < -0.39 is 0 Å². The van der Waals surface area contributed by atoms with Gasteiger partial charge in [-0.1, -0.05) is 41.9 Å². The first-order valence-corrected chi connectivity index (χ1v) is 10.1. The van der Waals surface area contributed by atoms with Crippen molar-refractivity contribution in [2.24, 2.45) is 11.7 Å². The average molecular weight is 412 g/mol. The number of hydrogen-bond acceptors (Lipinski definition) is 3. The molecular formula is C23H26ClN3O2. The molecule has 0 saturated carbocycles. The Labute approximate surface area is 176 Å². The fourth-order valence-electron chi connectivity index (χ4n) is 3.62. The molecule has 1 saturated heterocycles. The summed E-state index contributed by atoms with van der Waals surface area (Å²) in [7, 11) is 0. The Morgan fingerprint density at radius 1 is 1.21 bits per heavy atom. The Kier molecular flexibility index (Phi) is 7.07. The number of carbonyl (C=O) groups excluding carboxylic acids is 2. The summed E-state index contributed by atoms with van der Waals surface area (Å²) in [6, 6.07) is 15.2. The number of nitrogens with one attached hydrogen (secondary N) is 1. The second-order valence-electron chi connectivity index (χ2n) is 7.47. The number of nitrogens with zero attached hydrogens (tertiary/aromatic N) is 1. The van der Waals surface area contributed by atoms with E-state index in [4.69, 9.17) is 17.3 Å². The highest BCUT2D eigenvalue weighted by atomic mass is 35.5. The van der Waals surface area contributed by atoms with Gasteiger partial charge in [0.05, 0.1) is 5.92 Å². The van der Waals surface area contributed by atoms with Crippen LogP contribution in [-0.4, -0.2) is 29.8 Å². The molecule has 1 aliphatic heterocycles. The molecule has 6 heteroatoms. The standard InChI is InChI=1S/C23H26ClN3O2/c1-16(20-6-2-3-7-21(20)24)13-22(28)26-19-10-8-17(9-11-19)14-27-12-4-5-18(15-27)23(25)29/h2-3,6-11,13,18H,4-5,12,14-15H2,1H3,(H2,25,29)(H,26,28)/b16-13-. The molecule has 0 radical (unpaired) electrons. The van der Waals surface area contributed by atoms with Crippen LogP contribution >= 0.6 is 11.6 Å². The molecule has 2 aromatic carbocycles. The van der Waals surface area contributed by atoms with E-state index in [2.05, 4.69) is 10.2 Å². The number of nitrogens with two attached hydrogens (primary N) is 1. The van der Waals surface area contributed by atoms with Crippen molar-refractivity contribution < 1.29 is 9.59 Å². The maximum absolute atomic E-state index is 12.3. The van der Waals surface area contributed by atoms with Crippen molar-refractivity contribution in [3.8, 4) is 0 Å². The number of anilines is 1. The van der Waals surface area contributed by atoms with Crippen LogP contribution in [0, 0.1) is 5.92 Å². The van der Waals surface area contributed by atoms with Crippen LogP contribution < -0.4 is 11.1 Å². The Morgan fingerprint density at radius 3 is 2.62 bits per heavy atom. The van der Waals surface area contributed by atoms with Gasteiger partial charge in [0.25, 0.3) is 0 Å². The van der Waals surface area contributed by atoms with Crippen LogP contribution in [0.25, 0.3) is 5.57 Å². The minimum atomic E-state index is -0.215. The van der Waals surface area contributed by atoms with E-state index in [1.807, 2.05) is 49.4 Å². The third-order valence-electron chi connectivity index (χ3n) is 5.18. The first kappa shape index (κ1) is 21.1. The van der Waals surface area contributed by atoms with E-state index in [1.165, 1.54) is 0 Å². The van der Waals surface area contributed by atoms with Crippen molar-refractivity contribution >= 4 is 34.7 Å². The summed E-state index contributed by atoms with van der Waals surface area (Å²) in [4.78, 5) is 26.0. The van der Waals surface area contributed by atoms with Gasteiger partial charge >= 0.3 is 0 Å². The van der Waals surface area contributed by atoms with Gasteiger partial charge in [0.2, 0.25) is 11.8 Å². The predicted octanol–water partition coefficient (Wildman–Crippen LogP) is 4.08. The van der Waals surface area contributed by atoms with Gasteiger partial charge in [0.15, 0.2) is 0 Å². The fraction of sp³-hybridized carbons (Fsp3) is 0.304. The van der Waals surface area contributed by atoms with Gasteiger partial charge in [0, 0.05) is 29.9 Å². The molecule has 2 aromatic rings. The van der Waals surface area contributed by atoms with Crippen molar-refractivity contribution in [2.75, 3.05) is 18.4 Å². The van der Waals surface area contributed by atoms with Gasteiger partial charge in [0.1, 0.15) is 0 Å². The van der Waals surface area contributed by atoms with E-state index in [-0.39, 0.29) is 17.7 Å². The number of halogens is 1. The summed E-state index contributed by atoms with van der Waals surface area (Å²) >= 11 is 6.18. The molecule has 0 bridgehead atoms. The fourth-order valence-corrected chi connectivity index (χ4v) is 3.90. The maximum atomic E-state index is 12.3. The number of amides is 2. The van der Waals surface area contributed by atoms with Crippen LogP contribution in [0.15, 0.2) is 54.6 Å². The molecule has 5 nitrogen and oxygen atoms in total. The zero-order valence-corrected chi connectivity index (χ0v) is 17.3. The Balaban J connectivity index is 1.57. The summed E-state index contributed by atoms with van der Waals surface area (Å²) in [5, 5.41) is 3.50. The smallest absolute Gasteiger partial charge is 0.248 e. The molecule has 1 aliphatic rings. The quantitative estimate of drug-likeness (QED) is 0.703. The third kappa shape index (κ3) is 5.92. The van der Waals surface area contributed by atoms with Crippen molar-refractivity contribution in [1.82, 2.24) is 4.90 Å². The SMILES string of the molecule is C/C(=C/C(=O)Nc1ccc(CN2CCCC(C(N)=O)C2)cc1)c1ccccc1Cl. The topological polar surface area (TPSA) is 75.4 Å². The van der Waals surface area contributed by atoms with E-state index in [0.717, 1.165) is 48.3 Å². The molecular weight excluding hydrogens is 386 g/mol. The average Bonchev–Trinajstić information content (AvgIpc) is 2.70. The van der Waals surface area contributed by atoms with Gasteiger partial charge in [-0.2, -0.15) is 0 Å². The normalized spacial score (nSPS) is 17.7. The molecule has 152 valence electrons. The van der Waals surface area contributed by atoms with Gasteiger partial charge in [-0.3, -0.25) is 14.5 Å². The molecule has 3 rings (SSSR count). The number of primary amides is 1. The van der Waals surface area contributed by atoms with Gasteiger partial charge < -0.3 is 11.1 Å². The van der Waals surface area contributed by atoms with E-state index in [1.54, 1.807) is 12.1 Å². The molecule has 1 unspecified atom stereocenters. The number of carbonyl (C=O) groups is 2. The Hall–Kier alpha value is -2.63. The molecule has 1 atom stereocenters. The van der Waals surface area contributed by atoms with Crippen LogP contribution in [0.3, 0.4) is 0 Å². The lowest BCUT2D eigenvalue weighted by atomic mass is 9.97. The lowest BCUT2D eigenvalue weighted by molar-refractivity contribution is -0.123. The summed E-state index contributed by atoms with van der Waals surface area (Å²) in [6.45, 7) is 4.31. The van der Waals surface area contributed by atoms with Crippen LogP contribution in [0.4, 0.5) is 5.69 Å². The number of hydrogen-bond donors (Lipinski definition) is 2. The largest absolute Gasteiger partial charge is 0.369 e. The molecule has 29 heavy (non-hydrogen) atoms. The van der Waals surface area contributed by atoms with Gasteiger partial charge in [-0.15, -0.1) is 0 Å². The molecule has 0 spiro atoms. The van der Waals surface area contributed by atoms with E-state index in [9.17, 15) is 9.59 Å². The van der Waals surface area contributed by atoms with Gasteiger partial charge in [-0.05, 0) is 61.2 Å².